The zero-order valence-electron chi connectivity index (χ0n) is 11.3. The molecule has 0 radical (unpaired) electrons. The molecule has 2 N–H and O–H groups in total. The van der Waals surface area contributed by atoms with E-state index in [2.05, 4.69) is 24.1 Å². The molecule has 1 aliphatic rings. The predicted octanol–water partition coefficient (Wildman–Crippen LogP) is 0.994. The molecule has 4 heteroatoms. The summed E-state index contributed by atoms with van der Waals surface area (Å²) in [5.74, 6) is 0.702. The second-order valence-corrected chi connectivity index (χ2v) is 5.37. The van der Waals surface area contributed by atoms with E-state index >= 15 is 0 Å². The van der Waals surface area contributed by atoms with Crippen molar-refractivity contribution >= 4 is 5.91 Å². The Balaban J connectivity index is 2.35. The van der Waals surface area contributed by atoms with Gasteiger partial charge in [-0.25, -0.2) is 0 Å². The summed E-state index contributed by atoms with van der Waals surface area (Å²) in [6.45, 7) is 8.06. The van der Waals surface area contributed by atoms with E-state index in [1.54, 1.807) is 0 Å². The van der Waals surface area contributed by atoms with E-state index in [1.165, 1.54) is 0 Å². The lowest BCUT2D eigenvalue weighted by Gasteiger charge is -2.28. The van der Waals surface area contributed by atoms with Gasteiger partial charge in [-0.3, -0.25) is 9.69 Å². The van der Waals surface area contributed by atoms with Crippen LogP contribution in [0.5, 0.6) is 0 Å². The maximum absolute atomic E-state index is 11.9. The number of hydrogen-bond acceptors (Lipinski definition) is 3. The van der Waals surface area contributed by atoms with Crippen molar-refractivity contribution in [3.63, 3.8) is 0 Å². The molecule has 0 aromatic heterocycles. The summed E-state index contributed by atoms with van der Waals surface area (Å²) >= 11 is 0. The zero-order valence-corrected chi connectivity index (χ0v) is 11.3. The highest BCUT2D eigenvalue weighted by atomic mass is 16.3. The lowest BCUT2D eigenvalue weighted by molar-refractivity contribution is -0.126. The van der Waals surface area contributed by atoms with Crippen LogP contribution in [0.25, 0.3) is 0 Å². The fraction of sp³-hybridized carbons (Fsp3) is 0.923. The monoisotopic (exact) mass is 242 g/mol. The lowest BCUT2D eigenvalue weighted by atomic mass is 10.1. The fourth-order valence-corrected chi connectivity index (χ4v) is 2.35. The van der Waals surface area contributed by atoms with Gasteiger partial charge in [0.2, 0.25) is 5.91 Å². The van der Waals surface area contributed by atoms with Crippen molar-refractivity contribution in [1.29, 1.82) is 0 Å². The van der Waals surface area contributed by atoms with Crippen molar-refractivity contribution < 1.29 is 9.90 Å². The van der Waals surface area contributed by atoms with Gasteiger partial charge in [-0.05, 0) is 38.6 Å². The summed E-state index contributed by atoms with van der Waals surface area (Å²) in [6, 6.07) is 0.0441. The second-order valence-electron chi connectivity index (χ2n) is 5.37. The van der Waals surface area contributed by atoms with E-state index in [0.29, 0.717) is 5.92 Å². The van der Waals surface area contributed by atoms with E-state index in [-0.39, 0.29) is 24.6 Å². The van der Waals surface area contributed by atoms with Crippen LogP contribution >= 0.6 is 0 Å². The molecular weight excluding hydrogens is 216 g/mol. The van der Waals surface area contributed by atoms with Crippen LogP contribution in [0.2, 0.25) is 0 Å². The molecule has 2 atom stereocenters. The van der Waals surface area contributed by atoms with Crippen LogP contribution in [0.15, 0.2) is 0 Å². The Morgan fingerprint density at radius 2 is 2.18 bits per heavy atom. The molecule has 0 saturated carbocycles. The Bertz CT molecular complexity index is 244. The first-order chi connectivity index (χ1) is 8.06. The van der Waals surface area contributed by atoms with E-state index < -0.39 is 0 Å². The number of aliphatic hydroxyl groups excluding tert-OH is 1. The molecule has 0 bridgehead atoms. The molecule has 1 heterocycles. The molecule has 1 saturated heterocycles. The van der Waals surface area contributed by atoms with Gasteiger partial charge in [-0.1, -0.05) is 13.8 Å². The van der Waals surface area contributed by atoms with Gasteiger partial charge in [0.25, 0.3) is 0 Å². The summed E-state index contributed by atoms with van der Waals surface area (Å²) in [5.41, 5.74) is 0. The fourth-order valence-electron chi connectivity index (χ4n) is 2.35. The summed E-state index contributed by atoms with van der Waals surface area (Å²) in [6.07, 6.45) is 3.09. The molecule has 1 rings (SSSR count). The first-order valence-corrected chi connectivity index (χ1v) is 6.70. The molecule has 1 amide bonds. The van der Waals surface area contributed by atoms with Crippen LogP contribution < -0.4 is 5.32 Å². The molecule has 4 nitrogen and oxygen atoms in total. The Morgan fingerprint density at radius 1 is 1.47 bits per heavy atom. The van der Waals surface area contributed by atoms with Crippen LogP contribution in [0, 0.1) is 5.92 Å². The van der Waals surface area contributed by atoms with Crippen molar-refractivity contribution in [2.75, 3.05) is 19.7 Å². The standard InChI is InChI=1S/C13H26N2O2/c1-10(2)6-7-14-13(17)11(3)15-8-4-5-12(15)9-16/h10-12,16H,4-9H2,1-3H3,(H,14,17)/t11?,12-/m0/s1. The second kappa shape index (κ2) is 6.97. The quantitative estimate of drug-likeness (QED) is 0.730. The first-order valence-electron chi connectivity index (χ1n) is 6.70. The number of amides is 1. The number of nitrogens with one attached hydrogen (secondary N) is 1. The predicted molar refractivity (Wildman–Crippen MR) is 68.7 cm³/mol. The summed E-state index contributed by atoms with van der Waals surface area (Å²) in [4.78, 5) is 14.1. The minimum Gasteiger partial charge on any atom is -0.395 e. The van der Waals surface area contributed by atoms with Gasteiger partial charge < -0.3 is 10.4 Å². The highest BCUT2D eigenvalue weighted by Gasteiger charge is 2.31. The first kappa shape index (κ1) is 14.5. The van der Waals surface area contributed by atoms with E-state index in [9.17, 15) is 9.90 Å². The molecule has 0 spiro atoms. The highest BCUT2D eigenvalue weighted by molar-refractivity contribution is 5.81. The van der Waals surface area contributed by atoms with Gasteiger partial charge in [0.15, 0.2) is 0 Å². The van der Waals surface area contributed by atoms with Crippen molar-refractivity contribution in [1.82, 2.24) is 10.2 Å². The van der Waals surface area contributed by atoms with Crippen molar-refractivity contribution in [2.45, 2.75) is 52.1 Å². The van der Waals surface area contributed by atoms with Gasteiger partial charge >= 0.3 is 0 Å². The molecular formula is C13H26N2O2. The third-order valence-corrected chi connectivity index (χ3v) is 3.53. The molecule has 0 aromatic carbocycles. The van der Waals surface area contributed by atoms with E-state index in [0.717, 1.165) is 32.4 Å². The Morgan fingerprint density at radius 3 is 2.76 bits per heavy atom. The van der Waals surface area contributed by atoms with Gasteiger partial charge in [0.1, 0.15) is 0 Å². The number of carbonyl (C=O) groups is 1. The minimum atomic E-state index is -0.123. The maximum atomic E-state index is 11.9. The van der Waals surface area contributed by atoms with E-state index in [1.807, 2.05) is 6.92 Å². The number of aliphatic hydroxyl groups is 1. The Labute approximate surface area is 104 Å². The van der Waals surface area contributed by atoms with Crippen molar-refractivity contribution in [3.8, 4) is 0 Å². The Hall–Kier alpha value is -0.610. The van der Waals surface area contributed by atoms with Crippen LogP contribution in [0.4, 0.5) is 0 Å². The number of nitrogens with zero attached hydrogens (tertiary/aromatic N) is 1. The van der Waals surface area contributed by atoms with Gasteiger partial charge in [0, 0.05) is 12.6 Å². The number of hydrogen-bond donors (Lipinski definition) is 2. The number of likely N-dealkylation sites (tertiary alicyclic amines) is 1. The molecule has 1 unspecified atom stereocenters. The Kier molecular flexibility index (Phi) is 5.92. The zero-order chi connectivity index (χ0) is 12.8. The van der Waals surface area contributed by atoms with Crippen molar-refractivity contribution in [2.24, 2.45) is 5.92 Å². The van der Waals surface area contributed by atoms with E-state index in [4.69, 9.17) is 0 Å². The normalized spacial score (nSPS) is 23.0. The molecule has 0 aliphatic carbocycles. The summed E-state index contributed by atoms with van der Waals surface area (Å²) in [5, 5.41) is 12.2. The number of rotatable bonds is 6. The van der Waals surface area contributed by atoms with Crippen LogP contribution in [-0.2, 0) is 4.79 Å². The topological polar surface area (TPSA) is 52.6 Å². The van der Waals surface area contributed by atoms with Crippen molar-refractivity contribution in [3.05, 3.63) is 0 Å². The average Bonchev–Trinajstić information content (AvgIpc) is 2.75. The SMILES string of the molecule is CC(C)CCNC(=O)C(C)N1CCC[C@H]1CO. The van der Waals surface area contributed by atoms with Gasteiger partial charge in [-0.2, -0.15) is 0 Å². The molecule has 100 valence electrons. The molecule has 1 fully saturated rings. The van der Waals surface area contributed by atoms with Crippen LogP contribution in [0.1, 0.15) is 40.0 Å². The lowest BCUT2D eigenvalue weighted by Crippen LogP contribution is -2.48. The summed E-state index contributed by atoms with van der Waals surface area (Å²) < 4.78 is 0. The molecule has 17 heavy (non-hydrogen) atoms. The van der Waals surface area contributed by atoms with Gasteiger partial charge in [0.05, 0.1) is 12.6 Å². The smallest absolute Gasteiger partial charge is 0.237 e. The maximum Gasteiger partial charge on any atom is 0.237 e. The highest BCUT2D eigenvalue weighted by Crippen LogP contribution is 2.19. The number of carbonyl (C=O) groups excluding carboxylic acids is 1. The third kappa shape index (κ3) is 4.28. The molecule has 1 aliphatic heterocycles. The molecule has 0 aromatic rings. The van der Waals surface area contributed by atoms with Crippen LogP contribution in [0.3, 0.4) is 0 Å². The van der Waals surface area contributed by atoms with Crippen LogP contribution in [-0.4, -0.2) is 47.7 Å². The largest absolute Gasteiger partial charge is 0.395 e. The summed E-state index contributed by atoms with van der Waals surface area (Å²) in [7, 11) is 0. The average molecular weight is 242 g/mol. The minimum absolute atomic E-state index is 0.0889. The third-order valence-electron chi connectivity index (χ3n) is 3.53. The van der Waals surface area contributed by atoms with Gasteiger partial charge in [-0.15, -0.1) is 0 Å².